The van der Waals surface area contributed by atoms with Crippen molar-refractivity contribution in [1.29, 1.82) is 0 Å². The third-order valence-corrected chi connectivity index (χ3v) is 4.45. The molecule has 3 nitrogen and oxygen atoms in total. The van der Waals surface area contributed by atoms with Crippen molar-refractivity contribution in [2.75, 3.05) is 20.1 Å². The first-order chi connectivity index (χ1) is 9.68. The maximum absolute atomic E-state index is 11.3. The molecule has 102 valence electrons. The highest BCUT2D eigenvalue weighted by atomic mass is 16.5. The third-order valence-electron chi connectivity index (χ3n) is 4.45. The van der Waals surface area contributed by atoms with Gasteiger partial charge in [-0.1, -0.05) is 36.4 Å². The van der Waals surface area contributed by atoms with Gasteiger partial charge in [-0.3, -0.25) is 0 Å². The zero-order chi connectivity index (χ0) is 13.7. The van der Waals surface area contributed by atoms with Crippen molar-refractivity contribution in [3.63, 3.8) is 0 Å². The highest BCUT2D eigenvalue weighted by Crippen LogP contribution is 2.51. The highest BCUT2D eigenvalue weighted by Gasteiger charge is 2.49. The van der Waals surface area contributed by atoms with Crippen molar-refractivity contribution in [3.05, 3.63) is 59.7 Å². The fourth-order valence-corrected chi connectivity index (χ4v) is 3.57. The molecule has 20 heavy (non-hydrogen) atoms. The first kappa shape index (κ1) is 11.9. The molecule has 0 amide bonds. The molecule has 1 fully saturated rings. The number of β-amino-alcohol motifs (C(OH)–C–C–N with tert-alkyl or cyclic N) is 1. The molecular weight excluding hydrogens is 250 g/mol. The van der Waals surface area contributed by atoms with E-state index in [1.54, 1.807) is 0 Å². The van der Waals surface area contributed by atoms with Gasteiger partial charge in [0, 0.05) is 30.1 Å². The second-order valence-electron chi connectivity index (χ2n) is 5.81. The Balaban J connectivity index is 2.00. The molecule has 2 aliphatic rings. The molecule has 0 bridgehead atoms. The maximum atomic E-state index is 11.3. The standard InChI is InChI=1S/C17H17NO2/c1-18-10-14-12-6-2-4-8-15(12)20-16-9-5-3-7-13(16)17(14,19)11-18/h2-9,14,19H,10-11H2,1H3/t14-,17-/m0/s1. The lowest BCUT2D eigenvalue weighted by Gasteiger charge is -2.28. The fraction of sp³-hybridized carbons (Fsp3) is 0.294. The zero-order valence-electron chi connectivity index (χ0n) is 11.4. The summed E-state index contributed by atoms with van der Waals surface area (Å²) >= 11 is 0. The Kier molecular flexibility index (Phi) is 2.43. The molecule has 3 heteroatoms. The Bertz CT molecular complexity index is 670. The summed E-state index contributed by atoms with van der Waals surface area (Å²) < 4.78 is 6.06. The van der Waals surface area contributed by atoms with Crippen molar-refractivity contribution in [2.45, 2.75) is 11.5 Å². The van der Waals surface area contributed by atoms with Crippen LogP contribution in [0.2, 0.25) is 0 Å². The molecule has 0 aliphatic carbocycles. The van der Waals surface area contributed by atoms with Crippen molar-refractivity contribution in [2.24, 2.45) is 0 Å². The lowest BCUT2D eigenvalue weighted by atomic mass is 9.80. The van der Waals surface area contributed by atoms with Gasteiger partial charge in [0.25, 0.3) is 0 Å². The Labute approximate surface area is 118 Å². The number of aliphatic hydroxyl groups is 1. The van der Waals surface area contributed by atoms with Gasteiger partial charge in [-0.25, -0.2) is 0 Å². The molecule has 2 heterocycles. The quantitative estimate of drug-likeness (QED) is 0.796. The largest absolute Gasteiger partial charge is 0.457 e. The number of hydrogen-bond acceptors (Lipinski definition) is 3. The zero-order valence-corrected chi connectivity index (χ0v) is 11.4. The molecule has 0 radical (unpaired) electrons. The second kappa shape index (κ2) is 4.08. The van der Waals surface area contributed by atoms with Crippen LogP contribution in [-0.4, -0.2) is 30.1 Å². The van der Waals surface area contributed by atoms with Gasteiger partial charge >= 0.3 is 0 Å². The van der Waals surface area contributed by atoms with E-state index in [0.717, 1.165) is 29.2 Å². The van der Waals surface area contributed by atoms with Gasteiger partial charge < -0.3 is 14.7 Å². The number of hydrogen-bond donors (Lipinski definition) is 1. The first-order valence-electron chi connectivity index (χ1n) is 6.96. The van der Waals surface area contributed by atoms with Gasteiger partial charge in [0.1, 0.15) is 17.1 Å². The summed E-state index contributed by atoms with van der Waals surface area (Å²) in [5, 5.41) is 11.3. The number of ether oxygens (including phenoxy) is 1. The molecule has 2 aliphatic heterocycles. The van der Waals surface area contributed by atoms with Crippen LogP contribution in [0.3, 0.4) is 0 Å². The Hall–Kier alpha value is -1.84. The van der Waals surface area contributed by atoms with E-state index in [4.69, 9.17) is 4.74 Å². The molecular formula is C17H17NO2. The predicted molar refractivity (Wildman–Crippen MR) is 77.1 cm³/mol. The summed E-state index contributed by atoms with van der Waals surface area (Å²) in [6.45, 7) is 1.47. The highest BCUT2D eigenvalue weighted by molar-refractivity contribution is 5.52. The second-order valence-corrected chi connectivity index (χ2v) is 5.81. The number of para-hydroxylation sites is 2. The van der Waals surface area contributed by atoms with E-state index in [0.29, 0.717) is 6.54 Å². The smallest absolute Gasteiger partial charge is 0.133 e. The third kappa shape index (κ3) is 1.54. The Morgan fingerprint density at radius 2 is 1.80 bits per heavy atom. The number of likely N-dealkylation sites (tertiary alicyclic amines) is 1. The van der Waals surface area contributed by atoms with Gasteiger partial charge in [-0.15, -0.1) is 0 Å². The van der Waals surface area contributed by atoms with Crippen LogP contribution in [0, 0.1) is 0 Å². The van der Waals surface area contributed by atoms with Gasteiger partial charge in [0.2, 0.25) is 0 Å². The van der Waals surface area contributed by atoms with Crippen LogP contribution < -0.4 is 4.74 Å². The molecule has 0 unspecified atom stereocenters. The minimum Gasteiger partial charge on any atom is -0.457 e. The minimum atomic E-state index is -0.877. The average Bonchev–Trinajstić information content (AvgIpc) is 2.71. The molecule has 2 aromatic carbocycles. The van der Waals surface area contributed by atoms with Crippen LogP contribution in [0.25, 0.3) is 0 Å². The van der Waals surface area contributed by atoms with Crippen molar-refractivity contribution < 1.29 is 9.84 Å². The van der Waals surface area contributed by atoms with Crippen LogP contribution >= 0.6 is 0 Å². The first-order valence-corrected chi connectivity index (χ1v) is 6.96. The Morgan fingerprint density at radius 3 is 2.65 bits per heavy atom. The van der Waals surface area contributed by atoms with E-state index in [9.17, 15) is 5.11 Å². The molecule has 2 aromatic rings. The van der Waals surface area contributed by atoms with E-state index in [1.165, 1.54) is 0 Å². The van der Waals surface area contributed by atoms with Crippen molar-refractivity contribution >= 4 is 0 Å². The SMILES string of the molecule is CN1C[C@H]2c3ccccc3Oc3ccccc3[C@@]2(O)C1. The predicted octanol–water partition coefficient (Wildman–Crippen LogP) is 2.71. The van der Waals surface area contributed by atoms with Gasteiger partial charge in [-0.05, 0) is 19.2 Å². The normalized spacial score (nSPS) is 28.0. The molecule has 0 saturated carbocycles. The van der Waals surface area contributed by atoms with Crippen LogP contribution in [0.5, 0.6) is 11.5 Å². The lowest BCUT2D eigenvalue weighted by molar-refractivity contribution is 0.0337. The van der Waals surface area contributed by atoms with Crippen LogP contribution in [0.1, 0.15) is 17.0 Å². The van der Waals surface area contributed by atoms with Gasteiger partial charge in [0.05, 0.1) is 0 Å². The van der Waals surface area contributed by atoms with Crippen molar-refractivity contribution in [3.8, 4) is 11.5 Å². The average molecular weight is 267 g/mol. The topological polar surface area (TPSA) is 32.7 Å². The van der Waals surface area contributed by atoms with E-state index >= 15 is 0 Å². The summed E-state index contributed by atoms with van der Waals surface area (Å²) in [6, 6.07) is 15.9. The number of benzene rings is 2. The molecule has 1 saturated heterocycles. The number of likely N-dealkylation sites (N-methyl/N-ethyl adjacent to an activating group) is 1. The summed E-state index contributed by atoms with van der Waals surface area (Å²) in [4.78, 5) is 2.18. The van der Waals surface area contributed by atoms with E-state index in [-0.39, 0.29) is 5.92 Å². The van der Waals surface area contributed by atoms with E-state index < -0.39 is 5.60 Å². The lowest BCUT2D eigenvalue weighted by Crippen LogP contribution is -2.33. The Morgan fingerprint density at radius 1 is 1.10 bits per heavy atom. The van der Waals surface area contributed by atoms with E-state index in [2.05, 4.69) is 18.0 Å². The van der Waals surface area contributed by atoms with Gasteiger partial charge in [-0.2, -0.15) is 0 Å². The molecule has 0 aromatic heterocycles. The van der Waals surface area contributed by atoms with Crippen molar-refractivity contribution in [1.82, 2.24) is 4.90 Å². The van der Waals surface area contributed by atoms with Crippen LogP contribution in [0.4, 0.5) is 0 Å². The van der Waals surface area contributed by atoms with E-state index in [1.807, 2.05) is 42.5 Å². The van der Waals surface area contributed by atoms with Crippen LogP contribution in [-0.2, 0) is 5.60 Å². The number of fused-ring (bicyclic) bond motifs is 5. The maximum Gasteiger partial charge on any atom is 0.133 e. The summed E-state index contributed by atoms with van der Waals surface area (Å²) in [7, 11) is 2.05. The number of nitrogens with zero attached hydrogens (tertiary/aromatic N) is 1. The molecule has 0 spiro atoms. The summed E-state index contributed by atoms with van der Waals surface area (Å²) in [5.74, 6) is 1.67. The van der Waals surface area contributed by atoms with Gasteiger partial charge in [0.15, 0.2) is 0 Å². The molecule has 4 rings (SSSR count). The summed E-state index contributed by atoms with van der Waals surface area (Å²) in [6.07, 6.45) is 0. The fourth-order valence-electron chi connectivity index (χ4n) is 3.57. The number of rotatable bonds is 0. The monoisotopic (exact) mass is 267 g/mol. The minimum absolute atomic E-state index is 0.0485. The molecule has 2 atom stereocenters. The summed E-state index contributed by atoms with van der Waals surface area (Å²) in [5.41, 5.74) is 1.11. The van der Waals surface area contributed by atoms with Crippen LogP contribution in [0.15, 0.2) is 48.5 Å². The molecule has 1 N–H and O–H groups in total.